The Morgan fingerprint density at radius 3 is 1.00 bits per heavy atom. The predicted molar refractivity (Wildman–Crippen MR) is 61.9 cm³/mol. The molecule has 122 valence electrons. The highest BCUT2D eigenvalue weighted by Gasteiger charge is 2.17. The molecule has 0 aromatic carbocycles. The normalized spacial score (nSPS) is 10.6. The van der Waals surface area contributed by atoms with Crippen molar-refractivity contribution in [1.29, 1.82) is 0 Å². The Balaban J connectivity index is -0.000000218. The molecular weight excluding hydrogens is 284 g/mol. The van der Waals surface area contributed by atoms with E-state index >= 15 is 0 Å². The van der Waals surface area contributed by atoms with Crippen molar-refractivity contribution in [3.05, 3.63) is 0 Å². The van der Waals surface area contributed by atoms with Gasteiger partial charge in [-0.2, -0.15) is 0 Å². The summed E-state index contributed by atoms with van der Waals surface area (Å²) in [7, 11) is 2.66. The molecule has 0 radical (unpaired) electrons. The summed E-state index contributed by atoms with van der Waals surface area (Å²) in [5, 5.41) is 68.3. The van der Waals surface area contributed by atoms with Gasteiger partial charge in [0.05, 0.1) is 0 Å². The van der Waals surface area contributed by atoms with E-state index in [1.807, 2.05) is 0 Å². The van der Waals surface area contributed by atoms with Crippen molar-refractivity contribution < 1.29 is 50.4 Å². The first kappa shape index (κ1) is 23.7. The topological polar surface area (TPSA) is 220 Å². The second kappa shape index (κ2) is 11.4. The van der Waals surface area contributed by atoms with Crippen LogP contribution in [0, 0.1) is 0 Å². The lowest BCUT2D eigenvalue weighted by Gasteiger charge is -2.15. The largest absolute Gasteiger partial charge is 0.473 e. The van der Waals surface area contributed by atoms with Crippen LogP contribution in [-0.2, 0) is 9.59 Å². The first-order valence-corrected chi connectivity index (χ1v) is 4.84. The highest BCUT2D eigenvalue weighted by molar-refractivity contribution is 6.27. The minimum atomic E-state index is -2.11. The third-order valence-electron chi connectivity index (χ3n) is 1.42. The Bertz CT molecular complexity index is 240. The molecule has 0 saturated carbocycles. The Morgan fingerprint density at radius 2 is 1.00 bits per heavy atom. The van der Waals surface area contributed by atoms with Crippen LogP contribution in [0.4, 0.5) is 0 Å². The fraction of sp³-hybridized carbons (Fsp3) is 0.750. The van der Waals surface area contributed by atoms with Crippen molar-refractivity contribution in [3.63, 3.8) is 0 Å². The summed E-state index contributed by atoms with van der Waals surface area (Å²) in [6.45, 7) is -1.41. The zero-order chi connectivity index (χ0) is 17.0. The summed E-state index contributed by atoms with van der Waals surface area (Å²) >= 11 is 0. The molecule has 0 saturated heterocycles. The second-order valence-electron chi connectivity index (χ2n) is 3.06. The molecule has 12 heteroatoms. The van der Waals surface area contributed by atoms with E-state index in [1.165, 1.54) is 14.1 Å². The van der Waals surface area contributed by atoms with Crippen LogP contribution in [0.2, 0.25) is 0 Å². The van der Waals surface area contributed by atoms with E-state index in [0.717, 1.165) is 0 Å². The number of aliphatic hydroxyl groups is 6. The van der Waals surface area contributed by atoms with Crippen LogP contribution in [0.1, 0.15) is 0 Å². The molecule has 0 rings (SSSR count). The zero-order valence-electron chi connectivity index (χ0n) is 10.8. The van der Waals surface area contributed by atoms with E-state index in [1.54, 1.807) is 0 Å². The molecular formula is C8H20N2O10. The Labute approximate surface area is 113 Å². The summed E-state index contributed by atoms with van der Waals surface area (Å²) in [6.07, 6.45) is 0. The van der Waals surface area contributed by atoms with Crippen LogP contribution >= 0.6 is 0 Å². The lowest BCUT2D eigenvalue weighted by Crippen LogP contribution is -2.45. The molecule has 0 spiro atoms. The maximum Gasteiger partial charge on any atom is 0.414 e. The molecule has 0 amide bonds. The van der Waals surface area contributed by atoms with Crippen molar-refractivity contribution in [2.24, 2.45) is 0 Å². The zero-order valence-corrected chi connectivity index (χ0v) is 10.8. The van der Waals surface area contributed by atoms with Crippen molar-refractivity contribution >= 4 is 11.9 Å². The molecule has 12 nitrogen and oxygen atoms in total. The average molecular weight is 304 g/mol. The van der Waals surface area contributed by atoms with Crippen molar-refractivity contribution in [2.75, 3.05) is 27.3 Å². The Morgan fingerprint density at radius 1 is 0.800 bits per heavy atom. The monoisotopic (exact) mass is 304 g/mol. The maximum absolute atomic E-state index is 9.10. The van der Waals surface area contributed by atoms with E-state index < -0.39 is 37.0 Å². The summed E-state index contributed by atoms with van der Waals surface area (Å²) in [4.78, 5) is 18.2. The molecule has 0 aromatic heterocycles. The van der Waals surface area contributed by atoms with E-state index in [4.69, 9.17) is 50.4 Å². The molecule has 10 N–H and O–H groups in total. The maximum atomic E-state index is 9.10. The lowest BCUT2D eigenvalue weighted by molar-refractivity contribution is -0.205. The number of carboxylic acid groups (broad SMARTS) is 2. The fourth-order valence-electron chi connectivity index (χ4n) is 0.158. The van der Waals surface area contributed by atoms with Crippen LogP contribution in [0.3, 0.4) is 0 Å². The fourth-order valence-corrected chi connectivity index (χ4v) is 0.158. The standard InChI is InChI=1S/2C3H9NO3.C2H2O4/c2*1-4-3(6,7)2-5;3-1(4)2(5)6/h2*4-7H,2H2,1H3;(H,3,4)(H,5,6). The number of aliphatic carboxylic acids is 2. The summed E-state index contributed by atoms with van der Waals surface area (Å²) in [5.41, 5.74) is 0. The molecule has 0 fully saturated rings. The van der Waals surface area contributed by atoms with E-state index in [0.29, 0.717) is 0 Å². The third kappa shape index (κ3) is 19.0. The molecule has 0 atom stereocenters. The van der Waals surface area contributed by atoms with Gasteiger partial charge in [0.25, 0.3) is 0 Å². The van der Waals surface area contributed by atoms with Crippen LogP contribution in [0.5, 0.6) is 0 Å². The van der Waals surface area contributed by atoms with Crippen molar-refractivity contribution in [2.45, 2.75) is 11.8 Å². The SMILES string of the molecule is CNC(O)(O)CO.CNC(O)(O)CO.O=C(O)C(=O)O. The number of hydrogen-bond acceptors (Lipinski definition) is 10. The minimum Gasteiger partial charge on any atom is -0.473 e. The van der Waals surface area contributed by atoms with E-state index in [2.05, 4.69) is 10.6 Å². The van der Waals surface area contributed by atoms with Gasteiger partial charge in [-0.3, -0.25) is 10.6 Å². The average Bonchev–Trinajstić information content (AvgIpc) is 2.40. The first-order chi connectivity index (χ1) is 8.89. The van der Waals surface area contributed by atoms with Gasteiger partial charge in [-0.05, 0) is 14.1 Å². The first-order valence-electron chi connectivity index (χ1n) is 4.84. The molecule has 0 aromatic rings. The molecule has 20 heavy (non-hydrogen) atoms. The van der Waals surface area contributed by atoms with Crippen LogP contribution in [0.15, 0.2) is 0 Å². The number of aliphatic hydroxyl groups excluding tert-OH is 2. The number of nitrogens with one attached hydrogen (secondary N) is 2. The van der Waals surface area contributed by atoms with Crippen LogP contribution in [-0.4, -0.2) is 91.9 Å². The van der Waals surface area contributed by atoms with Gasteiger partial charge >= 0.3 is 11.9 Å². The number of hydrogen-bond donors (Lipinski definition) is 10. The van der Waals surface area contributed by atoms with Gasteiger partial charge in [0.1, 0.15) is 13.2 Å². The van der Waals surface area contributed by atoms with Crippen LogP contribution in [0.25, 0.3) is 0 Å². The van der Waals surface area contributed by atoms with Gasteiger partial charge in [-0.25, -0.2) is 9.59 Å². The number of carbonyl (C=O) groups is 2. The molecule has 0 aliphatic carbocycles. The van der Waals surface area contributed by atoms with Crippen molar-refractivity contribution in [1.82, 2.24) is 10.6 Å². The van der Waals surface area contributed by atoms with Gasteiger partial charge in [0.2, 0.25) is 11.8 Å². The van der Waals surface area contributed by atoms with Crippen LogP contribution < -0.4 is 10.6 Å². The van der Waals surface area contributed by atoms with E-state index in [-0.39, 0.29) is 0 Å². The van der Waals surface area contributed by atoms with Gasteiger partial charge in [-0.15, -0.1) is 0 Å². The highest BCUT2D eigenvalue weighted by Crippen LogP contribution is 1.86. The summed E-state index contributed by atoms with van der Waals surface area (Å²) < 4.78 is 0. The van der Waals surface area contributed by atoms with E-state index in [9.17, 15) is 0 Å². The highest BCUT2D eigenvalue weighted by atomic mass is 16.5. The van der Waals surface area contributed by atoms with Gasteiger partial charge < -0.3 is 40.9 Å². The van der Waals surface area contributed by atoms with Gasteiger partial charge in [0, 0.05) is 0 Å². The smallest absolute Gasteiger partial charge is 0.414 e. The molecule has 0 heterocycles. The Kier molecular flexibility index (Phi) is 13.6. The number of carboxylic acids is 2. The predicted octanol–water partition coefficient (Wildman–Crippen LogP) is -5.17. The molecule has 0 aliphatic rings. The Hall–Kier alpha value is -1.38. The second-order valence-corrected chi connectivity index (χ2v) is 3.06. The molecule has 0 bridgehead atoms. The summed E-state index contributed by atoms with van der Waals surface area (Å²) in [6, 6.07) is 0. The lowest BCUT2D eigenvalue weighted by atomic mass is 10.5. The number of likely N-dealkylation sites (N-methyl/N-ethyl adjacent to an activating group) is 2. The van der Waals surface area contributed by atoms with Gasteiger partial charge in [-0.1, -0.05) is 0 Å². The van der Waals surface area contributed by atoms with Gasteiger partial charge in [0.15, 0.2) is 0 Å². The van der Waals surface area contributed by atoms with Crippen molar-refractivity contribution in [3.8, 4) is 0 Å². The number of rotatable bonds is 4. The summed E-state index contributed by atoms with van der Waals surface area (Å²) in [5.74, 6) is -7.87. The molecule has 0 unspecified atom stereocenters. The third-order valence-corrected chi connectivity index (χ3v) is 1.42. The molecule has 0 aliphatic heterocycles. The minimum absolute atomic E-state index is 0.705. The quantitative estimate of drug-likeness (QED) is 0.174.